The summed E-state index contributed by atoms with van der Waals surface area (Å²) in [5.41, 5.74) is 7.92. The molecule has 4 aliphatic rings. The van der Waals surface area contributed by atoms with Gasteiger partial charge in [-0.3, -0.25) is 9.59 Å². The van der Waals surface area contributed by atoms with Crippen LogP contribution in [-0.2, 0) is 9.59 Å². The Kier molecular flexibility index (Phi) is 4.08. The topological polar surface area (TPSA) is 101 Å². The van der Waals surface area contributed by atoms with Gasteiger partial charge in [0.25, 0.3) is 0 Å². The number of hydrogen-bond acceptors (Lipinski definition) is 3. The van der Waals surface area contributed by atoms with Crippen molar-refractivity contribution in [1.82, 2.24) is 0 Å². The standard InChI is InChI=1S/C12H21N.C4H6O4/c1-10-3-9-4-11(2,6-10)8-12(13,5-9)7-10;5-3(6)1-2-4(7)8/h9H,3-8,13H2,1-2H3;1-2H2,(H,5,6)(H,7,8). The van der Waals surface area contributed by atoms with Crippen LogP contribution in [0.4, 0.5) is 0 Å². The zero-order valence-electron chi connectivity index (χ0n) is 13.0. The molecule has 0 heterocycles. The van der Waals surface area contributed by atoms with Crippen LogP contribution in [0.25, 0.3) is 0 Å². The first-order valence-corrected chi connectivity index (χ1v) is 7.76. The molecule has 0 amide bonds. The summed E-state index contributed by atoms with van der Waals surface area (Å²) in [6.45, 7) is 4.94. The van der Waals surface area contributed by atoms with Crippen molar-refractivity contribution in [3.05, 3.63) is 0 Å². The molecule has 4 rings (SSSR count). The fourth-order valence-electron chi connectivity index (χ4n) is 5.75. The SMILES string of the molecule is CC12CC3CC(C)(C1)CC(N)(C3)C2.O=C(O)CCC(=O)O. The highest BCUT2D eigenvalue weighted by atomic mass is 16.4. The van der Waals surface area contributed by atoms with E-state index in [0.717, 1.165) is 5.92 Å². The van der Waals surface area contributed by atoms with Crippen LogP contribution in [0.2, 0.25) is 0 Å². The van der Waals surface area contributed by atoms with Crippen molar-refractivity contribution >= 4 is 11.9 Å². The third-order valence-corrected chi connectivity index (χ3v) is 5.22. The molecule has 120 valence electrons. The van der Waals surface area contributed by atoms with E-state index in [9.17, 15) is 9.59 Å². The Morgan fingerprint density at radius 2 is 1.38 bits per heavy atom. The van der Waals surface area contributed by atoms with Gasteiger partial charge in [0.1, 0.15) is 0 Å². The summed E-state index contributed by atoms with van der Waals surface area (Å²) < 4.78 is 0. The Morgan fingerprint density at radius 3 is 1.67 bits per heavy atom. The van der Waals surface area contributed by atoms with Gasteiger partial charge in [-0.25, -0.2) is 0 Å². The first kappa shape index (κ1) is 16.3. The highest BCUT2D eigenvalue weighted by Gasteiger charge is 2.58. The molecule has 2 atom stereocenters. The van der Waals surface area contributed by atoms with Gasteiger partial charge in [-0.2, -0.15) is 0 Å². The second-order valence-electron chi connectivity index (χ2n) is 8.28. The van der Waals surface area contributed by atoms with E-state index in [1.807, 2.05) is 0 Å². The lowest BCUT2D eigenvalue weighted by Crippen LogP contribution is -2.62. The van der Waals surface area contributed by atoms with E-state index >= 15 is 0 Å². The van der Waals surface area contributed by atoms with Crippen LogP contribution >= 0.6 is 0 Å². The summed E-state index contributed by atoms with van der Waals surface area (Å²) in [7, 11) is 0. The van der Waals surface area contributed by atoms with Gasteiger partial charge in [-0.15, -0.1) is 0 Å². The third-order valence-electron chi connectivity index (χ3n) is 5.22. The average molecular weight is 297 g/mol. The van der Waals surface area contributed by atoms with Crippen LogP contribution < -0.4 is 5.73 Å². The number of aliphatic carboxylic acids is 2. The molecule has 5 heteroatoms. The van der Waals surface area contributed by atoms with Gasteiger partial charge in [-0.05, 0) is 55.3 Å². The highest BCUT2D eigenvalue weighted by molar-refractivity contribution is 5.75. The molecule has 2 unspecified atom stereocenters. The molecule has 4 saturated carbocycles. The van der Waals surface area contributed by atoms with Gasteiger partial charge < -0.3 is 15.9 Å². The second kappa shape index (κ2) is 5.27. The molecule has 21 heavy (non-hydrogen) atoms. The van der Waals surface area contributed by atoms with Crippen molar-refractivity contribution in [1.29, 1.82) is 0 Å². The van der Waals surface area contributed by atoms with E-state index in [1.54, 1.807) is 0 Å². The fraction of sp³-hybridized carbons (Fsp3) is 0.875. The zero-order valence-corrected chi connectivity index (χ0v) is 13.0. The molecule has 0 spiro atoms. The number of rotatable bonds is 3. The molecule has 4 fully saturated rings. The van der Waals surface area contributed by atoms with E-state index in [-0.39, 0.29) is 18.4 Å². The molecule has 4 bridgehead atoms. The minimum absolute atomic E-state index is 0.225. The fourth-order valence-corrected chi connectivity index (χ4v) is 5.75. The summed E-state index contributed by atoms with van der Waals surface area (Å²) in [5.74, 6) is -1.20. The molecule has 5 nitrogen and oxygen atoms in total. The summed E-state index contributed by atoms with van der Waals surface area (Å²) >= 11 is 0. The van der Waals surface area contributed by atoms with E-state index in [2.05, 4.69) is 13.8 Å². The number of carboxylic acid groups (broad SMARTS) is 2. The number of nitrogens with two attached hydrogens (primary N) is 1. The highest BCUT2D eigenvalue weighted by Crippen LogP contribution is 2.65. The van der Waals surface area contributed by atoms with E-state index < -0.39 is 11.9 Å². The Morgan fingerprint density at radius 1 is 0.952 bits per heavy atom. The smallest absolute Gasteiger partial charge is 0.303 e. The zero-order chi connectivity index (χ0) is 15.9. The van der Waals surface area contributed by atoms with Crippen molar-refractivity contribution < 1.29 is 19.8 Å². The Labute approximate surface area is 125 Å². The lowest BCUT2D eigenvalue weighted by molar-refractivity contribution is -0.143. The minimum atomic E-state index is -1.08. The van der Waals surface area contributed by atoms with Crippen molar-refractivity contribution in [3.63, 3.8) is 0 Å². The maximum atomic E-state index is 9.64. The minimum Gasteiger partial charge on any atom is -0.481 e. The van der Waals surface area contributed by atoms with Crippen molar-refractivity contribution in [2.45, 2.75) is 70.8 Å². The Hall–Kier alpha value is -1.10. The van der Waals surface area contributed by atoms with Crippen molar-refractivity contribution in [2.24, 2.45) is 22.5 Å². The molecule has 0 radical (unpaired) electrons. The Bertz CT molecular complexity index is 383. The molecule has 0 saturated heterocycles. The molecule has 0 aromatic heterocycles. The molecular weight excluding hydrogens is 270 g/mol. The van der Waals surface area contributed by atoms with Crippen molar-refractivity contribution in [2.75, 3.05) is 0 Å². The monoisotopic (exact) mass is 297 g/mol. The summed E-state index contributed by atoms with van der Waals surface area (Å²) in [4.78, 5) is 19.3. The predicted molar refractivity (Wildman–Crippen MR) is 78.8 cm³/mol. The maximum Gasteiger partial charge on any atom is 0.303 e. The first-order chi connectivity index (χ1) is 9.53. The third kappa shape index (κ3) is 3.96. The van der Waals surface area contributed by atoms with Crippen LogP contribution in [-0.4, -0.2) is 27.7 Å². The number of carboxylic acids is 2. The number of carbonyl (C=O) groups is 2. The molecule has 0 aromatic rings. The number of hydrogen-bond donors (Lipinski definition) is 3. The average Bonchev–Trinajstić information content (AvgIpc) is 2.20. The van der Waals surface area contributed by atoms with Gasteiger partial charge in [-0.1, -0.05) is 13.8 Å². The van der Waals surface area contributed by atoms with E-state index in [1.165, 1.54) is 38.5 Å². The van der Waals surface area contributed by atoms with Crippen LogP contribution in [0.1, 0.15) is 65.2 Å². The molecule has 0 aromatic carbocycles. The molecule has 4 N–H and O–H groups in total. The predicted octanol–water partition coefficient (Wildman–Crippen LogP) is 2.63. The van der Waals surface area contributed by atoms with Gasteiger partial charge in [0, 0.05) is 5.54 Å². The van der Waals surface area contributed by atoms with Gasteiger partial charge in [0.15, 0.2) is 0 Å². The lowest BCUT2D eigenvalue weighted by atomic mass is 9.43. The second-order valence-corrected chi connectivity index (χ2v) is 8.28. The maximum absolute atomic E-state index is 9.64. The normalized spacial score (nSPS) is 43.1. The lowest BCUT2D eigenvalue weighted by Gasteiger charge is -2.64. The van der Waals surface area contributed by atoms with Crippen LogP contribution in [0.5, 0.6) is 0 Å². The molecule has 4 aliphatic carbocycles. The summed E-state index contributed by atoms with van der Waals surface area (Å²) in [5, 5.41) is 15.8. The first-order valence-electron chi connectivity index (χ1n) is 7.76. The van der Waals surface area contributed by atoms with Crippen LogP contribution in [0.15, 0.2) is 0 Å². The van der Waals surface area contributed by atoms with E-state index in [4.69, 9.17) is 15.9 Å². The van der Waals surface area contributed by atoms with Gasteiger partial charge in [0.2, 0.25) is 0 Å². The van der Waals surface area contributed by atoms with Crippen LogP contribution in [0, 0.1) is 16.7 Å². The van der Waals surface area contributed by atoms with Gasteiger partial charge in [0.05, 0.1) is 12.8 Å². The summed E-state index contributed by atoms with van der Waals surface area (Å²) in [6, 6.07) is 0. The quantitative estimate of drug-likeness (QED) is 0.743. The molecular formula is C16H27NO4. The molecule has 0 aliphatic heterocycles. The van der Waals surface area contributed by atoms with Crippen LogP contribution in [0.3, 0.4) is 0 Å². The largest absolute Gasteiger partial charge is 0.481 e. The van der Waals surface area contributed by atoms with Gasteiger partial charge >= 0.3 is 11.9 Å². The Balaban J connectivity index is 0.000000177. The van der Waals surface area contributed by atoms with Crippen molar-refractivity contribution in [3.8, 4) is 0 Å². The summed E-state index contributed by atoms with van der Waals surface area (Å²) in [6.07, 6.45) is 7.68. The van der Waals surface area contributed by atoms with E-state index in [0.29, 0.717) is 10.8 Å².